The Morgan fingerprint density at radius 1 is 0.806 bits per heavy atom. The fraction of sp³-hybridized carbons (Fsp3) is 0.517. The van der Waals surface area contributed by atoms with Crippen molar-refractivity contribution in [2.24, 2.45) is 5.10 Å². The first-order chi connectivity index (χ1) is 17.3. The molecule has 0 radical (unpaired) electrons. The number of hydrogen-bond acceptors (Lipinski definition) is 4. The van der Waals surface area contributed by atoms with Crippen LogP contribution in [0.1, 0.15) is 87.3 Å². The minimum Gasteiger partial charge on any atom is -0.271 e. The Bertz CT molecular complexity index is 1130. The summed E-state index contributed by atoms with van der Waals surface area (Å²) < 4.78 is 28.6. The molecule has 7 heteroatoms. The Morgan fingerprint density at radius 3 is 1.92 bits per heavy atom. The lowest BCUT2D eigenvalue weighted by Gasteiger charge is -2.25. The minimum absolute atomic E-state index is 0.160. The van der Waals surface area contributed by atoms with Crippen molar-refractivity contribution in [3.8, 4) is 0 Å². The predicted molar refractivity (Wildman–Crippen MR) is 148 cm³/mol. The van der Waals surface area contributed by atoms with Gasteiger partial charge in [-0.3, -0.25) is 9.10 Å². The first-order valence-electron chi connectivity index (χ1n) is 13.3. The summed E-state index contributed by atoms with van der Waals surface area (Å²) in [6.07, 6.45) is 12.7. The number of hydrazone groups is 1. The van der Waals surface area contributed by atoms with Gasteiger partial charge in [-0.05, 0) is 75.8 Å². The molecule has 0 unspecified atom stereocenters. The molecule has 0 atom stereocenters. The molecule has 1 aliphatic rings. The molecule has 2 aromatic rings. The fourth-order valence-electron chi connectivity index (χ4n) is 4.56. The molecule has 1 fully saturated rings. The SMILES string of the molecule is Cc1ccc(S(=O)(=O)N(CC(=O)NN=C2CCCCCCCCCCC2)c2cc(C)ccc2C)cc1. The van der Waals surface area contributed by atoms with Crippen molar-refractivity contribution in [3.63, 3.8) is 0 Å². The molecule has 0 aromatic heterocycles. The van der Waals surface area contributed by atoms with Crippen LogP contribution in [0.15, 0.2) is 52.5 Å². The van der Waals surface area contributed by atoms with Crippen LogP contribution in [-0.2, 0) is 14.8 Å². The lowest BCUT2D eigenvalue weighted by Crippen LogP contribution is -2.40. The second-order valence-electron chi connectivity index (χ2n) is 10.0. The van der Waals surface area contributed by atoms with Gasteiger partial charge < -0.3 is 0 Å². The van der Waals surface area contributed by atoms with Gasteiger partial charge in [0, 0.05) is 5.71 Å². The monoisotopic (exact) mass is 511 g/mol. The van der Waals surface area contributed by atoms with Crippen LogP contribution in [0.4, 0.5) is 5.69 Å². The largest absolute Gasteiger partial charge is 0.271 e. The number of nitrogens with zero attached hydrogens (tertiary/aromatic N) is 2. The molecule has 1 N–H and O–H groups in total. The van der Waals surface area contributed by atoms with Crippen LogP contribution in [0.2, 0.25) is 0 Å². The van der Waals surface area contributed by atoms with E-state index in [1.807, 2.05) is 39.0 Å². The molecule has 36 heavy (non-hydrogen) atoms. The first-order valence-corrected chi connectivity index (χ1v) is 14.7. The molecule has 0 aliphatic heterocycles. The van der Waals surface area contributed by atoms with Crippen molar-refractivity contribution in [1.29, 1.82) is 0 Å². The summed E-state index contributed by atoms with van der Waals surface area (Å²) >= 11 is 0. The van der Waals surface area contributed by atoms with Crippen LogP contribution in [0.25, 0.3) is 0 Å². The third-order valence-corrected chi connectivity index (χ3v) is 8.57. The maximum atomic E-state index is 13.7. The smallest absolute Gasteiger partial charge is 0.264 e. The topological polar surface area (TPSA) is 78.8 Å². The Kier molecular flexibility index (Phi) is 10.5. The van der Waals surface area contributed by atoms with Gasteiger partial charge in [-0.2, -0.15) is 5.10 Å². The van der Waals surface area contributed by atoms with E-state index in [-0.39, 0.29) is 11.4 Å². The fourth-order valence-corrected chi connectivity index (χ4v) is 6.04. The Labute approximate surface area is 217 Å². The molecule has 196 valence electrons. The van der Waals surface area contributed by atoms with E-state index in [4.69, 9.17) is 0 Å². The van der Waals surface area contributed by atoms with Crippen molar-refractivity contribution in [2.45, 2.75) is 96.3 Å². The maximum Gasteiger partial charge on any atom is 0.264 e. The molecule has 3 rings (SSSR count). The highest BCUT2D eigenvalue weighted by Crippen LogP contribution is 2.28. The van der Waals surface area contributed by atoms with Crippen molar-refractivity contribution in [3.05, 3.63) is 59.2 Å². The molecule has 0 saturated heterocycles. The molecule has 0 bridgehead atoms. The van der Waals surface area contributed by atoms with Gasteiger partial charge in [0.05, 0.1) is 10.6 Å². The number of aryl methyl sites for hydroxylation is 3. The number of nitrogens with one attached hydrogen (secondary N) is 1. The van der Waals surface area contributed by atoms with E-state index in [1.165, 1.54) is 49.3 Å². The summed E-state index contributed by atoms with van der Waals surface area (Å²) in [5.41, 5.74) is 6.86. The molecule has 1 aliphatic carbocycles. The van der Waals surface area contributed by atoms with E-state index in [0.29, 0.717) is 5.69 Å². The highest BCUT2D eigenvalue weighted by Gasteiger charge is 2.28. The molecule has 1 amide bonds. The molecule has 6 nitrogen and oxygen atoms in total. The van der Waals surface area contributed by atoms with E-state index in [1.54, 1.807) is 24.3 Å². The van der Waals surface area contributed by atoms with Gasteiger partial charge in [-0.25, -0.2) is 13.8 Å². The van der Waals surface area contributed by atoms with Gasteiger partial charge in [-0.1, -0.05) is 74.8 Å². The average Bonchev–Trinajstić information content (AvgIpc) is 2.84. The third kappa shape index (κ3) is 8.19. The van der Waals surface area contributed by atoms with E-state index in [9.17, 15) is 13.2 Å². The Hall–Kier alpha value is -2.67. The highest BCUT2D eigenvalue weighted by atomic mass is 32.2. The molecular weight excluding hydrogens is 470 g/mol. The Morgan fingerprint density at radius 2 is 1.33 bits per heavy atom. The number of amides is 1. The quantitative estimate of drug-likeness (QED) is 0.445. The summed E-state index contributed by atoms with van der Waals surface area (Å²) in [7, 11) is -3.95. The highest BCUT2D eigenvalue weighted by molar-refractivity contribution is 7.92. The lowest BCUT2D eigenvalue weighted by atomic mass is 10.00. The van der Waals surface area contributed by atoms with E-state index in [2.05, 4.69) is 10.5 Å². The summed E-state index contributed by atoms with van der Waals surface area (Å²) in [6, 6.07) is 12.3. The number of sulfonamides is 1. The zero-order valence-corrected chi connectivity index (χ0v) is 22.9. The number of anilines is 1. The second kappa shape index (κ2) is 13.6. The lowest BCUT2D eigenvalue weighted by molar-refractivity contribution is -0.119. The Balaban J connectivity index is 1.80. The zero-order chi connectivity index (χ0) is 26.0. The van der Waals surface area contributed by atoms with Gasteiger partial charge in [0.15, 0.2) is 0 Å². The summed E-state index contributed by atoms with van der Waals surface area (Å²) in [5.74, 6) is -0.440. The average molecular weight is 512 g/mol. The van der Waals surface area contributed by atoms with Gasteiger partial charge in [0.2, 0.25) is 0 Å². The van der Waals surface area contributed by atoms with Crippen molar-refractivity contribution in [2.75, 3.05) is 10.8 Å². The van der Waals surface area contributed by atoms with Crippen LogP contribution in [0, 0.1) is 20.8 Å². The second-order valence-corrected chi connectivity index (χ2v) is 11.9. The van der Waals surface area contributed by atoms with E-state index >= 15 is 0 Å². The van der Waals surface area contributed by atoms with E-state index in [0.717, 1.165) is 48.1 Å². The summed E-state index contributed by atoms with van der Waals surface area (Å²) in [4.78, 5) is 13.2. The zero-order valence-electron chi connectivity index (χ0n) is 22.1. The van der Waals surface area contributed by atoms with Gasteiger partial charge in [-0.15, -0.1) is 0 Å². The predicted octanol–water partition coefficient (Wildman–Crippen LogP) is 6.58. The van der Waals surface area contributed by atoms with Crippen LogP contribution in [0.3, 0.4) is 0 Å². The molecule has 0 spiro atoms. The number of hydrogen-bond donors (Lipinski definition) is 1. The molecule has 2 aromatic carbocycles. The number of carbonyl (C=O) groups excluding carboxylic acids is 1. The van der Waals surface area contributed by atoms with Crippen LogP contribution >= 0.6 is 0 Å². The standard InChI is InChI=1S/C29H41N3O3S/c1-23-16-19-27(20-17-23)36(34,35)32(28-21-24(2)15-18-25(28)3)22-29(33)31-30-26-13-11-9-7-5-4-6-8-10-12-14-26/h15-21H,4-14,22H2,1-3H3,(H,31,33). The van der Waals surface area contributed by atoms with Crippen molar-refractivity contribution >= 4 is 27.3 Å². The number of rotatable bonds is 6. The number of benzene rings is 2. The summed E-state index contributed by atoms with van der Waals surface area (Å²) in [6.45, 7) is 5.34. The first kappa shape index (κ1) is 27.9. The van der Waals surface area contributed by atoms with Gasteiger partial charge >= 0.3 is 0 Å². The van der Waals surface area contributed by atoms with Crippen LogP contribution in [-0.4, -0.2) is 26.6 Å². The maximum absolute atomic E-state index is 13.7. The summed E-state index contributed by atoms with van der Waals surface area (Å²) in [5, 5.41) is 4.46. The number of carbonyl (C=O) groups is 1. The van der Waals surface area contributed by atoms with Crippen LogP contribution < -0.4 is 9.73 Å². The van der Waals surface area contributed by atoms with Crippen molar-refractivity contribution in [1.82, 2.24) is 5.43 Å². The van der Waals surface area contributed by atoms with Gasteiger partial charge in [0.1, 0.15) is 6.54 Å². The third-order valence-electron chi connectivity index (χ3n) is 6.80. The van der Waals surface area contributed by atoms with Crippen LogP contribution in [0.5, 0.6) is 0 Å². The van der Waals surface area contributed by atoms with Crippen molar-refractivity contribution < 1.29 is 13.2 Å². The normalized spacial score (nSPS) is 15.9. The molecule has 1 saturated carbocycles. The molecule has 0 heterocycles. The van der Waals surface area contributed by atoms with E-state index < -0.39 is 15.9 Å². The molecular formula is C29H41N3O3S. The van der Waals surface area contributed by atoms with Gasteiger partial charge in [0.25, 0.3) is 15.9 Å². The minimum atomic E-state index is -3.95.